The third kappa shape index (κ3) is 3.13. The highest BCUT2D eigenvalue weighted by molar-refractivity contribution is 6.30. The number of nitrogens with zero attached hydrogens (tertiary/aromatic N) is 1. The predicted molar refractivity (Wildman–Crippen MR) is 76.4 cm³/mol. The molecule has 0 radical (unpaired) electrons. The Labute approximate surface area is 123 Å². The molecule has 4 nitrogen and oxygen atoms in total. The van der Waals surface area contributed by atoms with Crippen LogP contribution in [0.3, 0.4) is 0 Å². The van der Waals surface area contributed by atoms with Crippen LogP contribution in [0.1, 0.15) is 11.6 Å². The Kier molecular flexibility index (Phi) is 5.35. The zero-order valence-electron chi connectivity index (χ0n) is 11.7. The molecule has 1 aliphatic rings. The van der Waals surface area contributed by atoms with Crippen LogP contribution < -0.4 is 5.73 Å². The molecular formula is C14H20ClFN2O2. The van der Waals surface area contributed by atoms with E-state index in [9.17, 15) is 4.39 Å². The van der Waals surface area contributed by atoms with Crippen LogP contribution in [0.4, 0.5) is 4.39 Å². The van der Waals surface area contributed by atoms with Gasteiger partial charge in [-0.05, 0) is 12.1 Å². The fourth-order valence-electron chi connectivity index (χ4n) is 2.72. The van der Waals surface area contributed by atoms with E-state index in [1.54, 1.807) is 26.4 Å². The fraction of sp³-hybridized carbons (Fsp3) is 0.571. The van der Waals surface area contributed by atoms with Crippen LogP contribution >= 0.6 is 11.6 Å². The number of ether oxygens (including phenoxy) is 2. The first-order valence-electron chi connectivity index (χ1n) is 6.55. The van der Waals surface area contributed by atoms with E-state index in [-0.39, 0.29) is 24.1 Å². The molecule has 0 aliphatic carbocycles. The van der Waals surface area contributed by atoms with Gasteiger partial charge in [0, 0.05) is 44.4 Å². The minimum Gasteiger partial charge on any atom is -0.377 e. The molecule has 2 rings (SSSR count). The Morgan fingerprint density at radius 1 is 1.35 bits per heavy atom. The lowest BCUT2D eigenvalue weighted by Crippen LogP contribution is -2.33. The Bertz CT molecular complexity index is 449. The summed E-state index contributed by atoms with van der Waals surface area (Å²) in [6.45, 7) is 1.66. The van der Waals surface area contributed by atoms with Crippen molar-refractivity contribution in [2.75, 3.05) is 33.9 Å². The van der Waals surface area contributed by atoms with Crippen molar-refractivity contribution in [1.82, 2.24) is 4.90 Å². The van der Waals surface area contributed by atoms with Crippen LogP contribution in [0.25, 0.3) is 0 Å². The van der Waals surface area contributed by atoms with E-state index in [0.717, 1.165) is 0 Å². The van der Waals surface area contributed by atoms with Crippen LogP contribution in [0, 0.1) is 5.82 Å². The van der Waals surface area contributed by atoms with E-state index in [4.69, 9.17) is 26.8 Å². The molecule has 0 spiro atoms. The number of benzene rings is 1. The molecule has 3 unspecified atom stereocenters. The topological polar surface area (TPSA) is 47.7 Å². The van der Waals surface area contributed by atoms with Gasteiger partial charge in [-0.1, -0.05) is 17.7 Å². The molecule has 3 atom stereocenters. The van der Waals surface area contributed by atoms with E-state index in [0.29, 0.717) is 30.2 Å². The maximum atomic E-state index is 14.1. The van der Waals surface area contributed by atoms with Crippen LogP contribution in [-0.4, -0.2) is 51.0 Å². The Balaban J connectivity index is 2.20. The summed E-state index contributed by atoms with van der Waals surface area (Å²) >= 11 is 5.79. The molecule has 1 aromatic carbocycles. The van der Waals surface area contributed by atoms with Crippen LogP contribution in [0.2, 0.25) is 5.02 Å². The molecule has 1 saturated heterocycles. The highest BCUT2D eigenvalue weighted by atomic mass is 35.5. The second-order valence-electron chi connectivity index (χ2n) is 4.92. The largest absolute Gasteiger partial charge is 0.377 e. The van der Waals surface area contributed by atoms with Crippen LogP contribution in [0.5, 0.6) is 0 Å². The fourth-order valence-corrected chi connectivity index (χ4v) is 2.88. The molecule has 1 aliphatic heterocycles. The van der Waals surface area contributed by atoms with Gasteiger partial charge in [0.15, 0.2) is 0 Å². The maximum Gasteiger partial charge on any atom is 0.129 e. The van der Waals surface area contributed by atoms with Gasteiger partial charge in [0.1, 0.15) is 5.82 Å². The molecule has 20 heavy (non-hydrogen) atoms. The van der Waals surface area contributed by atoms with Gasteiger partial charge in [0.2, 0.25) is 0 Å². The molecule has 1 aromatic rings. The Hall–Kier alpha value is -0.720. The lowest BCUT2D eigenvalue weighted by atomic mass is 10.1. The SMILES string of the molecule is COC1CN(C(CN)c2ccc(Cl)cc2F)CC1OC. The molecule has 0 amide bonds. The highest BCUT2D eigenvalue weighted by Crippen LogP contribution is 2.29. The summed E-state index contributed by atoms with van der Waals surface area (Å²) in [5, 5.41) is 0.382. The molecule has 0 bridgehead atoms. The Morgan fingerprint density at radius 3 is 2.40 bits per heavy atom. The molecular weight excluding hydrogens is 283 g/mol. The van der Waals surface area contributed by atoms with Gasteiger partial charge < -0.3 is 15.2 Å². The third-order valence-corrected chi connectivity index (χ3v) is 4.07. The van der Waals surface area contributed by atoms with E-state index in [1.165, 1.54) is 6.07 Å². The van der Waals surface area contributed by atoms with Gasteiger partial charge in [0.05, 0.1) is 18.2 Å². The van der Waals surface area contributed by atoms with Gasteiger partial charge in [0.25, 0.3) is 0 Å². The number of nitrogens with two attached hydrogens (primary N) is 1. The van der Waals surface area contributed by atoms with Crippen molar-refractivity contribution in [3.63, 3.8) is 0 Å². The molecule has 6 heteroatoms. The lowest BCUT2D eigenvalue weighted by molar-refractivity contribution is -0.00461. The smallest absolute Gasteiger partial charge is 0.129 e. The van der Waals surface area contributed by atoms with Crippen molar-refractivity contribution in [3.05, 3.63) is 34.6 Å². The lowest BCUT2D eigenvalue weighted by Gasteiger charge is -2.27. The van der Waals surface area contributed by atoms with Crippen molar-refractivity contribution < 1.29 is 13.9 Å². The number of likely N-dealkylation sites (tertiary alicyclic amines) is 1. The normalized spacial score (nSPS) is 25.1. The number of hydrogen-bond acceptors (Lipinski definition) is 4. The first-order chi connectivity index (χ1) is 9.60. The number of methoxy groups -OCH3 is 2. The number of halogens is 2. The second-order valence-corrected chi connectivity index (χ2v) is 5.36. The van der Waals surface area contributed by atoms with Crippen molar-refractivity contribution in [2.24, 2.45) is 5.73 Å². The van der Waals surface area contributed by atoms with Crippen molar-refractivity contribution in [1.29, 1.82) is 0 Å². The van der Waals surface area contributed by atoms with E-state index in [2.05, 4.69) is 4.90 Å². The zero-order chi connectivity index (χ0) is 14.7. The monoisotopic (exact) mass is 302 g/mol. The van der Waals surface area contributed by atoms with Gasteiger partial charge >= 0.3 is 0 Å². The van der Waals surface area contributed by atoms with Crippen molar-refractivity contribution >= 4 is 11.6 Å². The van der Waals surface area contributed by atoms with Crippen molar-refractivity contribution in [3.8, 4) is 0 Å². The molecule has 1 fully saturated rings. The molecule has 2 N–H and O–H groups in total. The summed E-state index contributed by atoms with van der Waals surface area (Å²) in [6, 6.07) is 4.49. The van der Waals surface area contributed by atoms with Crippen LogP contribution in [-0.2, 0) is 9.47 Å². The van der Waals surface area contributed by atoms with E-state index in [1.807, 2.05) is 0 Å². The predicted octanol–water partition coefficient (Wildman–Crippen LogP) is 1.82. The van der Waals surface area contributed by atoms with Gasteiger partial charge in [-0.2, -0.15) is 0 Å². The molecule has 0 saturated carbocycles. The van der Waals surface area contributed by atoms with E-state index >= 15 is 0 Å². The minimum atomic E-state index is -0.331. The number of hydrogen-bond donors (Lipinski definition) is 1. The van der Waals surface area contributed by atoms with Gasteiger partial charge in [-0.15, -0.1) is 0 Å². The minimum absolute atomic E-state index is 0.0237. The first kappa shape index (κ1) is 15.7. The standard InChI is InChI=1S/C14H20ClFN2O2/c1-19-13-7-18(8-14(13)20-2)12(6-17)10-4-3-9(15)5-11(10)16/h3-5,12-14H,6-8,17H2,1-2H3. The quantitative estimate of drug-likeness (QED) is 0.901. The van der Waals surface area contributed by atoms with Crippen LogP contribution in [0.15, 0.2) is 18.2 Å². The molecule has 1 heterocycles. The third-order valence-electron chi connectivity index (χ3n) is 3.83. The first-order valence-corrected chi connectivity index (χ1v) is 6.93. The van der Waals surface area contributed by atoms with E-state index < -0.39 is 0 Å². The van der Waals surface area contributed by atoms with Gasteiger partial charge in [-0.3, -0.25) is 4.90 Å². The second kappa shape index (κ2) is 6.83. The average Bonchev–Trinajstić information content (AvgIpc) is 2.85. The Morgan fingerprint density at radius 2 is 1.95 bits per heavy atom. The number of rotatable bonds is 5. The maximum absolute atomic E-state index is 14.1. The summed E-state index contributed by atoms with van der Waals surface area (Å²) in [7, 11) is 3.31. The summed E-state index contributed by atoms with van der Waals surface area (Å²) in [4.78, 5) is 2.09. The zero-order valence-corrected chi connectivity index (χ0v) is 12.4. The summed E-state index contributed by atoms with van der Waals surface area (Å²) in [5.41, 5.74) is 6.40. The summed E-state index contributed by atoms with van der Waals surface area (Å²) < 4.78 is 24.9. The highest BCUT2D eigenvalue weighted by Gasteiger charge is 2.37. The summed E-state index contributed by atoms with van der Waals surface area (Å²) in [5.74, 6) is -0.331. The average molecular weight is 303 g/mol. The van der Waals surface area contributed by atoms with Gasteiger partial charge in [-0.25, -0.2) is 4.39 Å². The molecule has 112 valence electrons. The molecule has 0 aromatic heterocycles. The van der Waals surface area contributed by atoms with Crippen molar-refractivity contribution in [2.45, 2.75) is 18.2 Å². The summed E-state index contributed by atoms with van der Waals surface area (Å²) in [6.07, 6.45) is -0.0474.